The minimum atomic E-state index is -4.29. The number of rotatable bonds is 30. The first-order chi connectivity index (χ1) is 20.5. The summed E-state index contributed by atoms with van der Waals surface area (Å²) in [5.74, 6) is -0.168. The van der Waals surface area contributed by atoms with E-state index in [1.807, 2.05) is 21.1 Å². The Bertz CT molecular complexity index is 768. The zero-order chi connectivity index (χ0) is 32.2. The molecule has 0 aliphatic heterocycles. The van der Waals surface area contributed by atoms with Crippen molar-refractivity contribution in [2.45, 2.75) is 148 Å². The molecule has 8 nitrogen and oxygen atoms in total. The molecule has 0 bridgehead atoms. The molecule has 0 aromatic heterocycles. The number of hydrogen-bond donors (Lipinski definition) is 3. The molecule has 0 radical (unpaired) electrons. The molecule has 0 aliphatic carbocycles. The molecule has 0 aliphatic rings. The highest BCUT2D eigenvalue weighted by Crippen LogP contribution is 2.43. The van der Waals surface area contributed by atoms with Crippen molar-refractivity contribution in [2.24, 2.45) is 0 Å². The number of allylic oxidation sites excluding steroid dienone is 4. The third-order valence-electron chi connectivity index (χ3n) is 7.45. The summed E-state index contributed by atoms with van der Waals surface area (Å²) in [6.45, 7) is 4.73. The number of hydrogen-bond acceptors (Lipinski definition) is 5. The molecule has 0 aromatic carbocycles. The average molecular weight is 632 g/mol. The second kappa shape index (κ2) is 27.3. The van der Waals surface area contributed by atoms with E-state index in [0.717, 1.165) is 77.0 Å². The van der Waals surface area contributed by atoms with Gasteiger partial charge in [-0.1, -0.05) is 109 Å². The van der Waals surface area contributed by atoms with E-state index in [1.54, 1.807) is 0 Å². The van der Waals surface area contributed by atoms with Crippen LogP contribution in [0.3, 0.4) is 0 Å². The Morgan fingerprint density at radius 3 is 1.93 bits per heavy atom. The van der Waals surface area contributed by atoms with Gasteiger partial charge < -0.3 is 19.8 Å². The number of phosphoric ester groups is 1. The molecule has 0 rings (SSSR count). The van der Waals surface area contributed by atoms with Crippen LogP contribution in [0.15, 0.2) is 24.3 Å². The average Bonchev–Trinajstić information content (AvgIpc) is 2.94. The van der Waals surface area contributed by atoms with Gasteiger partial charge in [-0.25, -0.2) is 4.57 Å². The predicted octanol–water partition coefficient (Wildman–Crippen LogP) is 8.24. The summed E-state index contributed by atoms with van der Waals surface area (Å²) in [4.78, 5) is 22.8. The van der Waals surface area contributed by atoms with Gasteiger partial charge in [-0.3, -0.25) is 13.8 Å². The Labute approximate surface area is 264 Å². The number of unbranched alkanes of at least 4 members (excludes halogenated alkanes) is 13. The molecule has 0 fully saturated rings. The van der Waals surface area contributed by atoms with Crippen LogP contribution in [0.25, 0.3) is 0 Å². The molecule has 0 saturated heterocycles. The van der Waals surface area contributed by atoms with Gasteiger partial charge in [-0.2, -0.15) is 0 Å². The summed E-state index contributed by atoms with van der Waals surface area (Å²) in [7, 11) is 1.59. The lowest BCUT2D eigenvalue weighted by Crippen LogP contribution is -2.46. The van der Waals surface area contributed by atoms with Gasteiger partial charge in [-0.15, -0.1) is 0 Å². The second-order valence-corrected chi connectivity index (χ2v) is 14.3. The number of likely N-dealkylation sites (N-methyl/N-ethyl adjacent to an activating group) is 1. The van der Waals surface area contributed by atoms with Crippen LogP contribution in [0.4, 0.5) is 0 Å². The molecule has 3 unspecified atom stereocenters. The van der Waals surface area contributed by atoms with Gasteiger partial charge in [0, 0.05) is 6.42 Å². The highest BCUT2D eigenvalue weighted by Gasteiger charge is 2.28. The molecule has 254 valence electrons. The SMILES string of the molecule is CCCCCC/C=C\C/C=C\CCCCCCCC(=O)NC(COP(=O)(O)OCC[N+](C)(C)C)C(O)CCCCCCC. The number of aliphatic hydroxyl groups is 1. The molecule has 43 heavy (non-hydrogen) atoms. The summed E-state index contributed by atoms with van der Waals surface area (Å²) < 4.78 is 23.3. The number of quaternary nitrogens is 1. The lowest BCUT2D eigenvalue weighted by atomic mass is 10.0. The van der Waals surface area contributed by atoms with Crippen LogP contribution >= 0.6 is 7.82 Å². The third-order valence-corrected chi connectivity index (χ3v) is 8.44. The lowest BCUT2D eigenvalue weighted by Gasteiger charge is -2.26. The quantitative estimate of drug-likeness (QED) is 0.0319. The molecule has 3 atom stereocenters. The van der Waals surface area contributed by atoms with Gasteiger partial charge in [0.05, 0.1) is 39.9 Å². The first-order valence-electron chi connectivity index (χ1n) is 17.2. The third kappa shape index (κ3) is 29.5. The number of amides is 1. The smallest absolute Gasteiger partial charge is 0.391 e. The highest BCUT2D eigenvalue weighted by atomic mass is 31.2. The molecular formula is C34H68N2O6P+. The Hall–Kier alpha value is -1.02. The largest absolute Gasteiger partial charge is 0.472 e. The van der Waals surface area contributed by atoms with Crippen LogP contribution < -0.4 is 5.32 Å². The van der Waals surface area contributed by atoms with Crippen LogP contribution in [0, 0.1) is 0 Å². The number of aliphatic hydroxyl groups excluding tert-OH is 1. The van der Waals surface area contributed by atoms with Gasteiger partial charge in [-0.05, 0) is 44.9 Å². The summed E-state index contributed by atoms with van der Waals surface area (Å²) >= 11 is 0. The standard InChI is InChI=1S/C34H67N2O6P/c1-6-8-10-12-13-14-15-16-17-18-19-20-21-22-24-26-28-34(38)35-32(33(37)27-25-23-11-9-7-2)31-42-43(39,40)41-30-29-36(3,4)5/h14-15,17-18,32-33,37H,6-13,16,19-31H2,1-5H3,(H-,35,38,39,40)/p+1/b15-14-,18-17-. The fourth-order valence-electron chi connectivity index (χ4n) is 4.60. The van der Waals surface area contributed by atoms with E-state index < -0.39 is 20.0 Å². The van der Waals surface area contributed by atoms with Crippen LogP contribution in [0.5, 0.6) is 0 Å². The van der Waals surface area contributed by atoms with E-state index in [4.69, 9.17) is 9.05 Å². The zero-order valence-electron chi connectivity index (χ0n) is 28.4. The lowest BCUT2D eigenvalue weighted by molar-refractivity contribution is -0.870. The van der Waals surface area contributed by atoms with Gasteiger partial charge in [0.2, 0.25) is 5.91 Å². The van der Waals surface area contributed by atoms with Crippen molar-refractivity contribution >= 4 is 13.7 Å². The summed E-state index contributed by atoms with van der Waals surface area (Å²) in [5.41, 5.74) is 0. The first kappa shape index (κ1) is 42.0. The molecule has 1 amide bonds. The van der Waals surface area contributed by atoms with Gasteiger partial charge in [0.1, 0.15) is 13.2 Å². The fraction of sp³-hybridized carbons (Fsp3) is 0.853. The maximum absolute atomic E-state index is 12.7. The van der Waals surface area contributed by atoms with Gasteiger partial charge in [0.25, 0.3) is 0 Å². The van der Waals surface area contributed by atoms with Crippen molar-refractivity contribution in [1.82, 2.24) is 5.32 Å². The monoisotopic (exact) mass is 631 g/mol. The molecule has 0 saturated carbocycles. The Morgan fingerprint density at radius 1 is 0.791 bits per heavy atom. The summed E-state index contributed by atoms with van der Waals surface area (Å²) in [6.07, 6.45) is 28.0. The normalized spacial score (nSPS) is 15.2. The zero-order valence-corrected chi connectivity index (χ0v) is 29.3. The second-order valence-electron chi connectivity index (χ2n) is 12.9. The summed E-state index contributed by atoms with van der Waals surface area (Å²) in [6, 6.07) is -0.760. The van der Waals surface area contributed by atoms with Crippen LogP contribution in [0.1, 0.15) is 136 Å². The van der Waals surface area contributed by atoms with Crippen molar-refractivity contribution < 1.29 is 32.9 Å². The van der Waals surface area contributed by atoms with Crippen LogP contribution in [0.2, 0.25) is 0 Å². The van der Waals surface area contributed by atoms with Crippen molar-refractivity contribution in [3.05, 3.63) is 24.3 Å². The first-order valence-corrected chi connectivity index (χ1v) is 18.7. The van der Waals surface area contributed by atoms with Crippen molar-refractivity contribution in [1.29, 1.82) is 0 Å². The highest BCUT2D eigenvalue weighted by molar-refractivity contribution is 7.47. The minimum absolute atomic E-state index is 0.0706. The maximum Gasteiger partial charge on any atom is 0.472 e. The number of nitrogens with one attached hydrogen (secondary N) is 1. The van der Waals surface area contributed by atoms with E-state index in [2.05, 4.69) is 43.5 Å². The fourth-order valence-corrected chi connectivity index (χ4v) is 5.34. The number of carbonyl (C=O) groups excluding carboxylic acids is 1. The topological polar surface area (TPSA) is 105 Å². The van der Waals surface area contributed by atoms with Crippen LogP contribution in [-0.2, 0) is 18.4 Å². The predicted molar refractivity (Wildman–Crippen MR) is 180 cm³/mol. The molecule has 0 aromatic rings. The Balaban J connectivity index is 4.36. The Morgan fingerprint density at radius 2 is 1.33 bits per heavy atom. The van der Waals surface area contributed by atoms with E-state index in [-0.39, 0.29) is 19.1 Å². The van der Waals surface area contributed by atoms with E-state index in [9.17, 15) is 19.4 Å². The molecular weight excluding hydrogens is 563 g/mol. The van der Waals surface area contributed by atoms with Crippen LogP contribution in [-0.4, -0.2) is 73.4 Å². The molecule has 0 heterocycles. The minimum Gasteiger partial charge on any atom is -0.391 e. The van der Waals surface area contributed by atoms with E-state index in [0.29, 0.717) is 23.9 Å². The maximum atomic E-state index is 12.7. The molecule has 0 spiro atoms. The number of carbonyl (C=O) groups is 1. The van der Waals surface area contributed by atoms with E-state index in [1.165, 1.54) is 32.1 Å². The number of nitrogens with zero attached hydrogens (tertiary/aromatic N) is 1. The Kier molecular flexibility index (Phi) is 26.7. The van der Waals surface area contributed by atoms with Crippen molar-refractivity contribution in [3.8, 4) is 0 Å². The van der Waals surface area contributed by atoms with Crippen molar-refractivity contribution in [2.75, 3.05) is 40.9 Å². The summed E-state index contributed by atoms with van der Waals surface area (Å²) in [5, 5.41) is 13.6. The van der Waals surface area contributed by atoms with Crippen molar-refractivity contribution in [3.63, 3.8) is 0 Å². The molecule has 9 heteroatoms. The van der Waals surface area contributed by atoms with Gasteiger partial charge in [0.15, 0.2) is 0 Å². The molecule has 3 N–H and O–H groups in total. The van der Waals surface area contributed by atoms with E-state index >= 15 is 0 Å². The van der Waals surface area contributed by atoms with Gasteiger partial charge >= 0.3 is 7.82 Å². The number of phosphoric acid groups is 1.